The van der Waals surface area contributed by atoms with Gasteiger partial charge in [0.2, 0.25) is 0 Å². The van der Waals surface area contributed by atoms with Crippen LogP contribution in [0.25, 0.3) is 0 Å². The maximum absolute atomic E-state index is 9.34. The molecule has 2 heteroatoms. The Morgan fingerprint density at radius 1 is 0.667 bits per heavy atom. The summed E-state index contributed by atoms with van der Waals surface area (Å²) in [4.78, 5) is 2.48. The van der Waals surface area contributed by atoms with Crippen molar-refractivity contribution in [2.45, 2.75) is 25.6 Å². The summed E-state index contributed by atoms with van der Waals surface area (Å²) >= 11 is 0. The van der Waals surface area contributed by atoms with E-state index in [1.54, 1.807) is 0 Å². The van der Waals surface area contributed by atoms with Gasteiger partial charge in [-0.25, -0.2) is 0 Å². The molecule has 0 aliphatic heterocycles. The van der Waals surface area contributed by atoms with E-state index in [-0.39, 0.29) is 12.6 Å². The molecule has 0 aliphatic carbocycles. The van der Waals surface area contributed by atoms with E-state index in [1.807, 2.05) is 12.1 Å². The highest BCUT2D eigenvalue weighted by Gasteiger charge is 2.17. The molecular weight excluding hydrogens is 330 g/mol. The maximum Gasteiger partial charge on any atom is 0.0612 e. The van der Waals surface area contributed by atoms with Crippen LogP contribution in [0, 0.1) is 0 Å². The number of aliphatic hydroxyl groups excluding tert-OH is 1. The third-order valence-electron chi connectivity index (χ3n) is 4.68. The van der Waals surface area contributed by atoms with Gasteiger partial charge in [-0.2, -0.15) is 0 Å². The van der Waals surface area contributed by atoms with Crippen molar-refractivity contribution in [1.82, 2.24) is 4.90 Å². The van der Waals surface area contributed by atoms with Gasteiger partial charge >= 0.3 is 0 Å². The van der Waals surface area contributed by atoms with Gasteiger partial charge in [-0.1, -0.05) is 103 Å². The molecule has 0 aromatic heterocycles. The van der Waals surface area contributed by atoms with Crippen LogP contribution in [0.15, 0.2) is 103 Å². The van der Waals surface area contributed by atoms with Crippen LogP contribution in [0.5, 0.6) is 0 Å². The molecule has 138 valence electrons. The van der Waals surface area contributed by atoms with Gasteiger partial charge in [-0.3, -0.25) is 4.90 Å². The fourth-order valence-corrected chi connectivity index (χ4v) is 3.32. The second-order valence-corrected chi connectivity index (χ2v) is 6.74. The van der Waals surface area contributed by atoms with Gasteiger partial charge in [0, 0.05) is 19.1 Å². The Morgan fingerprint density at radius 2 is 1.11 bits per heavy atom. The third-order valence-corrected chi connectivity index (χ3v) is 4.68. The normalized spacial score (nSPS) is 12.5. The van der Waals surface area contributed by atoms with Crippen LogP contribution >= 0.6 is 0 Å². The predicted molar refractivity (Wildman–Crippen MR) is 112 cm³/mol. The molecule has 0 spiro atoms. The van der Waals surface area contributed by atoms with Crippen LogP contribution in [0.1, 0.15) is 16.7 Å². The standard InChI is InChI=1S/C25H27NO/c27-18-10-17-25(19-22-11-4-1-5-12-22)26(20-23-13-6-2-7-14-23)21-24-15-8-3-9-16-24/h1-17,25,27H,18-21H2/b17-10+. The van der Waals surface area contributed by atoms with Crippen molar-refractivity contribution >= 4 is 0 Å². The monoisotopic (exact) mass is 357 g/mol. The highest BCUT2D eigenvalue weighted by Crippen LogP contribution is 2.18. The predicted octanol–water partition coefficient (Wildman–Crippen LogP) is 4.85. The number of hydrogen-bond donors (Lipinski definition) is 1. The quantitative estimate of drug-likeness (QED) is 0.554. The van der Waals surface area contributed by atoms with Crippen molar-refractivity contribution in [3.63, 3.8) is 0 Å². The molecule has 0 aliphatic rings. The number of hydrogen-bond acceptors (Lipinski definition) is 2. The fourth-order valence-electron chi connectivity index (χ4n) is 3.32. The molecule has 3 aromatic rings. The van der Waals surface area contributed by atoms with Crippen molar-refractivity contribution in [2.75, 3.05) is 6.61 Å². The van der Waals surface area contributed by atoms with Gasteiger partial charge < -0.3 is 5.11 Å². The zero-order valence-corrected chi connectivity index (χ0v) is 15.6. The summed E-state index contributed by atoms with van der Waals surface area (Å²) in [5.74, 6) is 0. The Morgan fingerprint density at radius 3 is 1.56 bits per heavy atom. The van der Waals surface area contributed by atoms with Crippen molar-refractivity contribution in [2.24, 2.45) is 0 Å². The maximum atomic E-state index is 9.34. The molecule has 2 nitrogen and oxygen atoms in total. The van der Waals surface area contributed by atoms with Crippen LogP contribution in [0.2, 0.25) is 0 Å². The Hall–Kier alpha value is -2.68. The number of nitrogens with zero attached hydrogens (tertiary/aromatic N) is 1. The minimum Gasteiger partial charge on any atom is -0.392 e. The molecule has 0 amide bonds. The minimum absolute atomic E-state index is 0.0653. The molecule has 1 atom stereocenters. The summed E-state index contributed by atoms with van der Waals surface area (Å²) in [6.45, 7) is 1.79. The van der Waals surface area contributed by atoms with E-state index in [1.165, 1.54) is 16.7 Å². The summed E-state index contributed by atoms with van der Waals surface area (Å²) < 4.78 is 0. The van der Waals surface area contributed by atoms with Gasteiger partial charge in [-0.05, 0) is 23.1 Å². The average Bonchev–Trinajstić information content (AvgIpc) is 2.73. The van der Waals surface area contributed by atoms with E-state index in [9.17, 15) is 5.11 Å². The highest BCUT2D eigenvalue weighted by molar-refractivity contribution is 5.21. The van der Waals surface area contributed by atoms with E-state index >= 15 is 0 Å². The van der Waals surface area contributed by atoms with E-state index in [0.717, 1.165) is 19.5 Å². The van der Waals surface area contributed by atoms with Gasteiger partial charge in [0.25, 0.3) is 0 Å². The molecule has 0 bridgehead atoms. The molecule has 0 saturated carbocycles. The fraction of sp³-hybridized carbons (Fsp3) is 0.200. The highest BCUT2D eigenvalue weighted by atomic mass is 16.2. The average molecular weight is 357 g/mol. The summed E-state index contributed by atoms with van der Waals surface area (Å²) in [6, 6.07) is 31.9. The Labute approximate surface area is 162 Å². The van der Waals surface area contributed by atoms with Crippen LogP contribution in [0.4, 0.5) is 0 Å². The summed E-state index contributed by atoms with van der Waals surface area (Å²) in [7, 11) is 0. The van der Waals surface area contributed by atoms with Crippen molar-refractivity contribution in [3.05, 3.63) is 120 Å². The Kier molecular flexibility index (Phi) is 7.40. The topological polar surface area (TPSA) is 23.5 Å². The van der Waals surface area contributed by atoms with Crippen LogP contribution < -0.4 is 0 Å². The van der Waals surface area contributed by atoms with Crippen molar-refractivity contribution in [1.29, 1.82) is 0 Å². The number of aliphatic hydroxyl groups is 1. The second-order valence-electron chi connectivity index (χ2n) is 6.74. The summed E-state index contributed by atoms with van der Waals surface area (Å²) in [5, 5.41) is 9.34. The number of benzene rings is 3. The molecule has 3 rings (SSSR count). The van der Waals surface area contributed by atoms with E-state index in [4.69, 9.17) is 0 Å². The van der Waals surface area contributed by atoms with E-state index < -0.39 is 0 Å². The van der Waals surface area contributed by atoms with Crippen LogP contribution in [0.3, 0.4) is 0 Å². The van der Waals surface area contributed by atoms with Crippen LogP contribution in [-0.2, 0) is 19.5 Å². The molecule has 27 heavy (non-hydrogen) atoms. The minimum atomic E-state index is 0.0653. The first kappa shape index (κ1) is 19.1. The lowest BCUT2D eigenvalue weighted by atomic mass is 10.0. The largest absolute Gasteiger partial charge is 0.392 e. The lowest BCUT2D eigenvalue weighted by Gasteiger charge is -2.30. The lowest BCUT2D eigenvalue weighted by Crippen LogP contribution is -2.34. The summed E-state index contributed by atoms with van der Waals surface area (Å²) in [5.41, 5.74) is 3.89. The first-order chi connectivity index (χ1) is 13.3. The summed E-state index contributed by atoms with van der Waals surface area (Å²) in [6.07, 6.45) is 4.91. The smallest absolute Gasteiger partial charge is 0.0612 e. The molecule has 1 N–H and O–H groups in total. The first-order valence-corrected chi connectivity index (χ1v) is 9.48. The third kappa shape index (κ3) is 6.21. The Balaban J connectivity index is 1.86. The van der Waals surface area contributed by atoms with Gasteiger partial charge in [0.1, 0.15) is 0 Å². The van der Waals surface area contributed by atoms with Crippen LogP contribution in [-0.4, -0.2) is 22.7 Å². The van der Waals surface area contributed by atoms with Gasteiger partial charge in [0.15, 0.2) is 0 Å². The second kappa shape index (κ2) is 10.5. The number of rotatable bonds is 9. The Bertz CT molecular complexity index is 758. The van der Waals surface area contributed by atoms with E-state index in [0.29, 0.717) is 0 Å². The SMILES string of the molecule is OC/C=C/C(Cc1ccccc1)N(Cc1ccccc1)Cc1ccccc1. The van der Waals surface area contributed by atoms with Gasteiger partial charge in [0.05, 0.1) is 6.61 Å². The molecule has 0 fully saturated rings. The first-order valence-electron chi connectivity index (χ1n) is 9.48. The molecule has 1 unspecified atom stereocenters. The zero-order valence-electron chi connectivity index (χ0n) is 15.6. The molecular formula is C25H27NO. The molecule has 0 saturated heterocycles. The molecule has 3 aromatic carbocycles. The zero-order chi connectivity index (χ0) is 18.7. The lowest BCUT2D eigenvalue weighted by molar-refractivity contribution is 0.208. The van der Waals surface area contributed by atoms with Crippen molar-refractivity contribution in [3.8, 4) is 0 Å². The van der Waals surface area contributed by atoms with Gasteiger partial charge in [-0.15, -0.1) is 0 Å². The van der Waals surface area contributed by atoms with E-state index in [2.05, 4.69) is 95.9 Å². The van der Waals surface area contributed by atoms with Crippen molar-refractivity contribution < 1.29 is 5.11 Å². The molecule has 0 radical (unpaired) electrons. The molecule has 0 heterocycles.